The smallest absolute Gasteiger partial charge is 0.225 e. The van der Waals surface area contributed by atoms with Crippen LogP contribution in [0.25, 0.3) is 0 Å². The van der Waals surface area contributed by atoms with E-state index in [0.29, 0.717) is 6.42 Å². The Labute approximate surface area is 142 Å². The zero-order valence-corrected chi connectivity index (χ0v) is 13.8. The van der Waals surface area contributed by atoms with Crippen molar-refractivity contribution in [2.24, 2.45) is 0 Å². The van der Waals surface area contributed by atoms with E-state index in [1.54, 1.807) is 18.6 Å². The van der Waals surface area contributed by atoms with Crippen LogP contribution in [0.1, 0.15) is 31.4 Å². The minimum atomic E-state index is 0.139. The first-order chi connectivity index (χ1) is 11.8. The van der Waals surface area contributed by atoms with Gasteiger partial charge in [-0.1, -0.05) is 6.07 Å². The Bertz CT molecular complexity index is 626. The van der Waals surface area contributed by atoms with Crippen LogP contribution >= 0.6 is 0 Å². The number of carbonyl (C=O) groups excluding carboxylic acids is 1. The highest BCUT2D eigenvalue weighted by molar-refractivity contribution is 5.76. The van der Waals surface area contributed by atoms with Gasteiger partial charge in [-0.25, -0.2) is 9.97 Å². The SMILES string of the molecule is O=C(CCCc1ccccn1)NC1CCN(c2ncccn2)CC1. The monoisotopic (exact) mass is 325 g/mol. The third-order valence-electron chi connectivity index (χ3n) is 4.26. The number of hydrogen-bond acceptors (Lipinski definition) is 5. The maximum atomic E-state index is 12.1. The van der Waals surface area contributed by atoms with Crippen molar-refractivity contribution >= 4 is 11.9 Å². The number of anilines is 1. The molecule has 3 rings (SSSR count). The Balaban J connectivity index is 1.36. The molecule has 1 saturated heterocycles. The van der Waals surface area contributed by atoms with Gasteiger partial charge in [0.05, 0.1) is 0 Å². The summed E-state index contributed by atoms with van der Waals surface area (Å²) in [6.07, 6.45) is 9.42. The summed E-state index contributed by atoms with van der Waals surface area (Å²) >= 11 is 0. The van der Waals surface area contributed by atoms with Crippen molar-refractivity contribution in [3.63, 3.8) is 0 Å². The fourth-order valence-electron chi connectivity index (χ4n) is 2.95. The third kappa shape index (κ3) is 4.75. The molecule has 2 aromatic rings. The quantitative estimate of drug-likeness (QED) is 0.879. The van der Waals surface area contributed by atoms with Gasteiger partial charge in [-0.3, -0.25) is 9.78 Å². The zero-order valence-electron chi connectivity index (χ0n) is 13.8. The van der Waals surface area contributed by atoms with E-state index in [1.807, 2.05) is 24.3 Å². The molecule has 1 aliphatic heterocycles. The zero-order chi connectivity index (χ0) is 16.6. The first-order valence-electron chi connectivity index (χ1n) is 8.52. The highest BCUT2D eigenvalue weighted by Gasteiger charge is 2.21. The molecule has 1 fully saturated rings. The molecule has 0 bridgehead atoms. The molecule has 0 radical (unpaired) electrons. The van der Waals surface area contributed by atoms with Gasteiger partial charge in [0, 0.05) is 49.8 Å². The Kier molecular flexibility index (Phi) is 5.71. The summed E-state index contributed by atoms with van der Waals surface area (Å²) in [5.41, 5.74) is 1.04. The molecule has 1 aliphatic rings. The lowest BCUT2D eigenvalue weighted by atomic mass is 10.0. The normalized spacial score (nSPS) is 15.2. The van der Waals surface area contributed by atoms with Crippen LogP contribution in [-0.2, 0) is 11.2 Å². The first-order valence-corrected chi connectivity index (χ1v) is 8.52. The van der Waals surface area contributed by atoms with Crippen molar-refractivity contribution in [3.8, 4) is 0 Å². The van der Waals surface area contributed by atoms with Gasteiger partial charge in [-0.15, -0.1) is 0 Å². The number of nitrogens with zero attached hydrogens (tertiary/aromatic N) is 4. The summed E-state index contributed by atoms with van der Waals surface area (Å²) < 4.78 is 0. The molecule has 3 heterocycles. The van der Waals surface area contributed by atoms with Gasteiger partial charge in [-0.2, -0.15) is 0 Å². The minimum Gasteiger partial charge on any atom is -0.353 e. The molecule has 24 heavy (non-hydrogen) atoms. The van der Waals surface area contributed by atoms with E-state index in [9.17, 15) is 4.79 Å². The van der Waals surface area contributed by atoms with Gasteiger partial charge in [0.15, 0.2) is 0 Å². The number of amides is 1. The van der Waals surface area contributed by atoms with Crippen molar-refractivity contribution in [1.29, 1.82) is 0 Å². The van der Waals surface area contributed by atoms with Crippen LogP contribution < -0.4 is 10.2 Å². The van der Waals surface area contributed by atoms with E-state index in [-0.39, 0.29) is 11.9 Å². The second-order valence-corrected chi connectivity index (χ2v) is 6.05. The number of nitrogens with one attached hydrogen (secondary N) is 1. The van der Waals surface area contributed by atoms with Crippen LogP contribution in [0.2, 0.25) is 0 Å². The molecule has 1 N–H and O–H groups in total. The van der Waals surface area contributed by atoms with Crippen LogP contribution in [0.15, 0.2) is 42.9 Å². The Morgan fingerprint density at radius 3 is 2.54 bits per heavy atom. The average molecular weight is 325 g/mol. The Hall–Kier alpha value is -2.50. The molecule has 0 aliphatic carbocycles. The van der Waals surface area contributed by atoms with E-state index in [2.05, 4.69) is 25.2 Å². The average Bonchev–Trinajstić information content (AvgIpc) is 2.64. The van der Waals surface area contributed by atoms with E-state index in [0.717, 1.165) is 50.4 Å². The highest BCUT2D eigenvalue weighted by atomic mass is 16.1. The predicted octanol–water partition coefficient (Wildman–Crippen LogP) is 1.98. The lowest BCUT2D eigenvalue weighted by Crippen LogP contribution is -2.45. The number of pyridine rings is 1. The summed E-state index contributed by atoms with van der Waals surface area (Å²) in [5.74, 6) is 0.915. The van der Waals surface area contributed by atoms with E-state index in [4.69, 9.17) is 0 Å². The molecule has 2 aromatic heterocycles. The molecule has 126 valence electrons. The molecule has 0 saturated carbocycles. The van der Waals surface area contributed by atoms with Crippen LogP contribution in [0.3, 0.4) is 0 Å². The fraction of sp³-hybridized carbons (Fsp3) is 0.444. The number of aryl methyl sites for hydroxylation is 1. The molecule has 0 spiro atoms. The summed E-state index contributed by atoms with van der Waals surface area (Å²) in [7, 11) is 0. The number of carbonyl (C=O) groups is 1. The van der Waals surface area contributed by atoms with Gasteiger partial charge in [0.2, 0.25) is 11.9 Å². The fourth-order valence-corrected chi connectivity index (χ4v) is 2.95. The van der Waals surface area contributed by atoms with Crippen LogP contribution in [-0.4, -0.2) is 40.0 Å². The van der Waals surface area contributed by atoms with E-state index in [1.165, 1.54) is 0 Å². The molecular weight excluding hydrogens is 302 g/mol. The number of piperidine rings is 1. The Morgan fingerprint density at radius 2 is 1.83 bits per heavy atom. The molecule has 1 amide bonds. The van der Waals surface area contributed by atoms with E-state index >= 15 is 0 Å². The largest absolute Gasteiger partial charge is 0.353 e. The molecule has 0 aromatic carbocycles. The van der Waals surface area contributed by atoms with Gasteiger partial charge in [-0.05, 0) is 43.9 Å². The topological polar surface area (TPSA) is 71.0 Å². The van der Waals surface area contributed by atoms with Crippen molar-refractivity contribution in [3.05, 3.63) is 48.5 Å². The van der Waals surface area contributed by atoms with Crippen molar-refractivity contribution in [2.45, 2.75) is 38.1 Å². The first kappa shape index (κ1) is 16.4. The third-order valence-corrected chi connectivity index (χ3v) is 4.26. The second kappa shape index (κ2) is 8.38. The summed E-state index contributed by atoms with van der Waals surface area (Å²) in [5, 5.41) is 3.15. The van der Waals surface area contributed by atoms with Gasteiger partial charge in [0.1, 0.15) is 0 Å². The van der Waals surface area contributed by atoms with Gasteiger partial charge >= 0.3 is 0 Å². The summed E-state index contributed by atoms with van der Waals surface area (Å²) in [6, 6.07) is 7.96. The lowest BCUT2D eigenvalue weighted by Gasteiger charge is -2.32. The van der Waals surface area contributed by atoms with Gasteiger partial charge in [0.25, 0.3) is 0 Å². The molecule has 0 atom stereocenters. The predicted molar refractivity (Wildman–Crippen MR) is 92.6 cm³/mol. The minimum absolute atomic E-state index is 0.139. The maximum absolute atomic E-state index is 12.1. The highest BCUT2D eigenvalue weighted by Crippen LogP contribution is 2.15. The number of rotatable bonds is 6. The van der Waals surface area contributed by atoms with Crippen molar-refractivity contribution < 1.29 is 4.79 Å². The summed E-state index contributed by atoms with van der Waals surface area (Å²) in [4.78, 5) is 27.1. The Morgan fingerprint density at radius 1 is 1.08 bits per heavy atom. The molecule has 6 heteroatoms. The van der Waals surface area contributed by atoms with Crippen molar-refractivity contribution in [2.75, 3.05) is 18.0 Å². The van der Waals surface area contributed by atoms with E-state index < -0.39 is 0 Å². The van der Waals surface area contributed by atoms with Crippen molar-refractivity contribution in [1.82, 2.24) is 20.3 Å². The lowest BCUT2D eigenvalue weighted by molar-refractivity contribution is -0.122. The summed E-state index contributed by atoms with van der Waals surface area (Å²) in [6.45, 7) is 1.76. The van der Waals surface area contributed by atoms with Gasteiger partial charge < -0.3 is 10.2 Å². The number of hydrogen-bond donors (Lipinski definition) is 1. The molecule has 0 unspecified atom stereocenters. The van der Waals surface area contributed by atoms with Crippen LogP contribution in [0.5, 0.6) is 0 Å². The maximum Gasteiger partial charge on any atom is 0.225 e. The second-order valence-electron chi connectivity index (χ2n) is 6.05. The van der Waals surface area contributed by atoms with Crippen LogP contribution in [0.4, 0.5) is 5.95 Å². The molecular formula is C18H23N5O. The molecule has 6 nitrogen and oxygen atoms in total. The number of aromatic nitrogens is 3. The van der Waals surface area contributed by atoms with Crippen LogP contribution in [0, 0.1) is 0 Å². The standard InChI is InChI=1S/C18H23N5O/c24-17(7-3-6-15-5-1-2-10-19-15)22-16-8-13-23(14-9-16)18-20-11-4-12-21-18/h1-2,4-5,10-12,16H,3,6-9,13-14H2,(H,22,24).